The summed E-state index contributed by atoms with van der Waals surface area (Å²) < 4.78 is 12.6. The molecule has 7 heteroatoms. The summed E-state index contributed by atoms with van der Waals surface area (Å²) in [7, 11) is 0. The van der Waals surface area contributed by atoms with Gasteiger partial charge in [0.05, 0.1) is 6.54 Å². The summed E-state index contributed by atoms with van der Waals surface area (Å²) in [4.78, 5) is 24.8. The van der Waals surface area contributed by atoms with Gasteiger partial charge in [-0.05, 0) is 6.07 Å². The Bertz CT molecular complexity index is 410. The second-order valence-electron chi connectivity index (χ2n) is 2.93. The lowest BCUT2D eigenvalue weighted by Crippen LogP contribution is -2.36. The summed E-state index contributed by atoms with van der Waals surface area (Å²) >= 11 is 0. The third kappa shape index (κ3) is 3.28. The zero-order valence-corrected chi connectivity index (χ0v) is 8.05. The van der Waals surface area contributed by atoms with Crippen LogP contribution in [-0.2, 0) is 4.79 Å². The summed E-state index contributed by atoms with van der Waals surface area (Å²) in [6.07, 6.45) is -0.576. The number of carbonyl (C=O) groups excluding carboxylic acids is 1. The predicted octanol–water partition coefficient (Wildman–Crippen LogP) is -0.604. The van der Waals surface area contributed by atoms with Crippen molar-refractivity contribution in [2.24, 2.45) is 0 Å². The molecule has 0 aliphatic rings. The van der Waals surface area contributed by atoms with Crippen molar-refractivity contribution in [3.63, 3.8) is 0 Å². The molecule has 0 bridgehead atoms. The number of aliphatic hydroxyl groups excluding tert-OH is 1. The lowest BCUT2D eigenvalue weighted by Gasteiger charge is -2.07. The third-order valence-electron chi connectivity index (χ3n) is 1.73. The number of carboxylic acids is 1. The fraction of sp³-hybridized carbons (Fsp3) is 0.222. The molecule has 0 fully saturated rings. The van der Waals surface area contributed by atoms with Crippen LogP contribution in [0.1, 0.15) is 10.4 Å². The van der Waals surface area contributed by atoms with E-state index in [-0.39, 0.29) is 5.56 Å². The van der Waals surface area contributed by atoms with E-state index in [0.717, 1.165) is 12.3 Å². The Hall–Kier alpha value is -2.02. The van der Waals surface area contributed by atoms with Crippen LogP contribution < -0.4 is 5.32 Å². The number of carbonyl (C=O) groups is 2. The van der Waals surface area contributed by atoms with Gasteiger partial charge in [-0.3, -0.25) is 4.79 Å². The number of hydrogen-bond acceptors (Lipinski definition) is 4. The quantitative estimate of drug-likeness (QED) is 0.597. The number of rotatable bonds is 4. The Labute approximate surface area is 89.7 Å². The Kier molecular flexibility index (Phi) is 3.90. The molecule has 1 rings (SSSR count). The minimum Gasteiger partial charge on any atom is -0.479 e. The highest BCUT2D eigenvalue weighted by molar-refractivity contribution is 5.94. The van der Waals surface area contributed by atoms with Gasteiger partial charge >= 0.3 is 5.97 Å². The van der Waals surface area contributed by atoms with Crippen LogP contribution in [0.5, 0.6) is 0 Å². The van der Waals surface area contributed by atoms with Crippen LogP contribution in [0.4, 0.5) is 4.39 Å². The molecule has 1 atom stereocenters. The monoisotopic (exact) mass is 228 g/mol. The van der Waals surface area contributed by atoms with E-state index in [1.807, 2.05) is 0 Å². The van der Waals surface area contributed by atoms with E-state index in [4.69, 9.17) is 10.2 Å². The summed E-state index contributed by atoms with van der Waals surface area (Å²) in [5.41, 5.74) is 0.00471. The number of hydrogen-bond donors (Lipinski definition) is 3. The summed E-state index contributed by atoms with van der Waals surface area (Å²) in [6.45, 7) is -0.446. The van der Waals surface area contributed by atoms with Gasteiger partial charge in [0.2, 0.25) is 5.95 Å². The molecule has 0 saturated heterocycles. The molecule has 16 heavy (non-hydrogen) atoms. The van der Waals surface area contributed by atoms with Crippen molar-refractivity contribution in [2.45, 2.75) is 6.10 Å². The number of carboxylic acid groups (broad SMARTS) is 1. The molecule has 0 aromatic carbocycles. The van der Waals surface area contributed by atoms with E-state index in [1.165, 1.54) is 6.07 Å². The highest BCUT2D eigenvalue weighted by atomic mass is 19.1. The molecule has 0 spiro atoms. The van der Waals surface area contributed by atoms with Gasteiger partial charge in [-0.25, -0.2) is 9.78 Å². The first-order chi connectivity index (χ1) is 7.50. The zero-order chi connectivity index (χ0) is 12.1. The van der Waals surface area contributed by atoms with E-state index in [1.54, 1.807) is 0 Å². The van der Waals surface area contributed by atoms with Crippen molar-refractivity contribution in [1.82, 2.24) is 10.3 Å². The van der Waals surface area contributed by atoms with Gasteiger partial charge in [-0.2, -0.15) is 4.39 Å². The minimum atomic E-state index is -1.68. The van der Waals surface area contributed by atoms with Crippen LogP contribution >= 0.6 is 0 Å². The van der Waals surface area contributed by atoms with Gasteiger partial charge in [-0.1, -0.05) is 0 Å². The van der Waals surface area contributed by atoms with Crippen LogP contribution in [0.2, 0.25) is 0 Å². The largest absolute Gasteiger partial charge is 0.479 e. The number of nitrogens with one attached hydrogen (secondary N) is 1. The van der Waals surface area contributed by atoms with Crippen LogP contribution in [0, 0.1) is 5.95 Å². The summed E-state index contributed by atoms with van der Waals surface area (Å²) in [5, 5.41) is 19.4. The van der Waals surface area contributed by atoms with Crippen molar-refractivity contribution in [3.05, 3.63) is 29.8 Å². The van der Waals surface area contributed by atoms with Gasteiger partial charge < -0.3 is 15.5 Å². The van der Waals surface area contributed by atoms with E-state index in [0.29, 0.717) is 0 Å². The number of nitrogens with zero attached hydrogens (tertiary/aromatic N) is 1. The molecular weight excluding hydrogens is 219 g/mol. The Balaban J connectivity index is 2.56. The number of aliphatic hydroxyl groups is 1. The van der Waals surface area contributed by atoms with E-state index >= 15 is 0 Å². The van der Waals surface area contributed by atoms with Crippen molar-refractivity contribution in [1.29, 1.82) is 0 Å². The van der Waals surface area contributed by atoms with Gasteiger partial charge in [0, 0.05) is 17.8 Å². The first-order valence-corrected chi connectivity index (χ1v) is 4.31. The fourth-order valence-electron chi connectivity index (χ4n) is 0.922. The van der Waals surface area contributed by atoms with Gasteiger partial charge in [0.15, 0.2) is 6.10 Å². The zero-order valence-electron chi connectivity index (χ0n) is 8.05. The van der Waals surface area contributed by atoms with Crippen LogP contribution in [0.3, 0.4) is 0 Å². The van der Waals surface area contributed by atoms with Gasteiger partial charge in [0.25, 0.3) is 5.91 Å². The molecule has 86 valence electrons. The summed E-state index contributed by atoms with van der Waals surface area (Å²) in [6, 6.07) is 2.17. The highest BCUT2D eigenvalue weighted by Crippen LogP contribution is 1.99. The first-order valence-electron chi connectivity index (χ1n) is 4.31. The Morgan fingerprint density at radius 3 is 2.81 bits per heavy atom. The number of pyridine rings is 1. The number of halogens is 1. The van der Waals surface area contributed by atoms with E-state index in [9.17, 15) is 14.0 Å². The number of aliphatic carboxylic acids is 1. The lowest BCUT2D eigenvalue weighted by atomic mass is 10.2. The lowest BCUT2D eigenvalue weighted by molar-refractivity contribution is -0.146. The SMILES string of the molecule is O=C(NC[C@H](O)C(=O)O)c1ccnc(F)c1. The topological polar surface area (TPSA) is 99.5 Å². The van der Waals surface area contributed by atoms with Gasteiger partial charge in [-0.15, -0.1) is 0 Å². The van der Waals surface area contributed by atoms with Crippen LogP contribution in [0.25, 0.3) is 0 Å². The van der Waals surface area contributed by atoms with Crippen molar-refractivity contribution >= 4 is 11.9 Å². The molecule has 3 N–H and O–H groups in total. The average molecular weight is 228 g/mol. The number of aromatic nitrogens is 1. The fourth-order valence-corrected chi connectivity index (χ4v) is 0.922. The summed E-state index contributed by atoms with van der Waals surface area (Å²) in [5.74, 6) is -2.94. The molecule has 0 unspecified atom stereocenters. The molecule has 1 aromatic rings. The Morgan fingerprint density at radius 1 is 1.56 bits per heavy atom. The minimum absolute atomic E-state index is 0.00471. The predicted molar refractivity (Wildman–Crippen MR) is 50.2 cm³/mol. The normalized spacial score (nSPS) is 11.9. The molecule has 1 amide bonds. The van der Waals surface area contributed by atoms with E-state index in [2.05, 4.69) is 10.3 Å². The molecule has 1 heterocycles. The van der Waals surface area contributed by atoms with E-state index < -0.39 is 30.5 Å². The maximum absolute atomic E-state index is 12.6. The smallest absolute Gasteiger partial charge is 0.334 e. The van der Waals surface area contributed by atoms with Crippen LogP contribution in [0.15, 0.2) is 18.3 Å². The molecule has 0 radical (unpaired) electrons. The molecule has 0 saturated carbocycles. The molecule has 1 aromatic heterocycles. The highest BCUT2D eigenvalue weighted by Gasteiger charge is 2.15. The maximum Gasteiger partial charge on any atom is 0.334 e. The van der Waals surface area contributed by atoms with Crippen molar-refractivity contribution in [2.75, 3.05) is 6.54 Å². The molecule has 6 nitrogen and oxygen atoms in total. The second kappa shape index (κ2) is 5.17. The number of amides is 1. The third-order valence-corrected chi connectivity index (χ3v) is 1.73. The van der Waals surface area contributed by atoms with Crippen molar-refractivity contribution < 1.29 is 24.2 Å². The maximum atomic E-state index is 12.6. The standard InChI is InChI=1S/C9H9FN2O4/c10-7-3-5(1-2-11-7)8(14)12-4-6(13)9(15)16/h1-3,6,13H,4H2,(H,12,14)(H,15,16)/t6-/m0/s1. The second-order valence-corrected chi connectivity index (χ2v) is 2.93. The Morgan fingerprint density at radius 2 is 2.25 bits per heavy atom. The van der Waals surface area contributed by atoms with Gasteiger partial charge in [0.1, 0.15) is 0 Å². The average Bonchev–Trinajstić information content (AvgIpc) is 2.25. The molecule has 0 aliphatic carbocycles. The van der Waals surface area contributed by atoms with Crippen LogP contribution in [-0.4, -0.2) is 39.7 Å². The first kappa shape index (κ1) is 12.1. The molecular formula is C9H9FN2O4. The van der Waals surface area contributed by atoms with Crippen molar-refractivity contribution in [3.8, 4) is 0 Å². The molecule has 0 aliphatic heterocycles.